The number of nitrogens with one attached hydrogen (secondary N) is 1. The molecule has 0 aliphatic heterocycles. The first kappa shape index (κ1) is 20.1. The lowest BCUT2D eigenvalue weighted by molar-refractivity contribution is 0.415. The highest BCUT2D eigenvalue weighted by molar-refractivity contribution is 7.94. The molecule has 0 fully saturated rings. The van der Waals surface area contributed by atoms with Gasteiger partial charge in [0, 0.05) is 11.8 Å². The lowest BCUT2D eigenvalue weighted by Gasteiger charge is -2.21. The Balaban J connectivity index is 1.60. The van der Waals surface area contributed by atoms with E-state index in [0.717, 1.165) is 11.7 Å². The van der Waals surface area contributed by atoms with Crippen molar-refractivity contribution in [2.45, 2.75) is 4.90 Å². The number of anilines is 2. The maximum Gasteiger partial charge on any atom is 0.204 e. The van der Waals surface area contributed by atoms with Gasteiger partial charge in [0.2, 0.25) is 10.0 Å². The van der Waals surface area contributed by atoms with Gasteiger partial charge in [-0.25, -0.2) is 13.4 Å². The molecule has 0 unspecified atom stereocenters. The van der Waals surface area contributed by atoms with E-state index in [0.29, 0.717) is 28.0 Å². The molecule has 2 heterocycles. The zero-order valence-corrected chi connectivity index (χ0v) is 18.3. The maximum atomic E-state index is 13.2. The van der Waals surface area contributed by atoms with Gasteiger partial charge >= 0.3 is 0 Å². The van der Waals surface area contributed by atoms with Crippen molar-refractivity contribution >= 4 is 61.1 Å². The highest BCUT2D eigenvalue weighted by Crippen LogP contribution is 2.36. The SMILES string of the molecule is COc1cccc(Nc2nc3ccccc3nc2[N-]S(=O)(=O)c2cccc3nsnc23)c1. The largest absolute Gasteiger partial charge is 0.497 e. The molecule has 160 valence electrons. The first-order valence-corrected chi connectivity index (χ1v) is 11.6. The van der Waals surface area contributed by atoms with E-state index < -0.39 is 10.0 Å². The predicted octanol–water partition coefficient (Wildman–Crippen LogP) is 4.78. The lowest BCUT2D eigenvalue weighted by Crippen LogP contribution is -2.03. The Morgan fingerprint density at radius 3 is 2.47 bits per heavy atom. The van der Waals surface area contributed by atoms with Crippen molar-refractivity contribution in [1.29, 1.82) is 0 Å². The summed E-state index contributed by atoms with van der Waals surface area (Å²) in [7, 11) is -2.58. The van der Waals surface area contributed by atoms with Crippen molar-refractivity contribution in [3.63, 3.8) is 0 Å². The molecule has 32 heavy (non-hydrogen) atoms. The van der Waals surface area contributed by atoms with Crippen molar-refractivity contribution in [2.75, 3.05) is 12.4 Å². The molecule has 0 aliphatic rings. The van der Waals surface area contributed by atoms with Crippen LogP contribution < -0.4 is 10.1 Å². The molecule has 5 aromatic rings. The third-order valence-corrected chi connectivity index (χ3v) is 6.46. The summed E-state index contributed by atoms with van der Waals surface area (Å²) in [6, 6.07) is 19.1. The first-order chi connectivity index (χ1) is 15.5. The van der Waals surface area contributed by atoms with Crippen LogP contribution in [0.25, 0.3) is 26.8 Å². The topological polar surface area (TPSA) is 121 Å². The molecule has 1 N–H and O–H groups in total. The van der Waals surface area contributed by atoms with E-state index in [9.17, 15) is 8.42 Å². The molecule has 9 nitrogen and oxygen atoms in total. The van der Waals surface area contributed by atoms with Crippen molar-refractivity contribution in [3.05, 3.63) is 71.5 Å². The number of sulfonamides is 1. The van der Waals surface area contributed by atoms with E-state index in [-0.39, 0.29) is 22.0 Å². The van der Waals surface area contributed by atoms with Crippen LogP contribution in [0.5, 0.6) is 5.75 Å². The summed E-state index contributed by atoms with van der Waals surface area (Å²) >= 11 is 0.941. The van der Waals surface area contributed by atoms with Crippen LogP contribution in [-0.2, 0) is 10.0 Å². The number of fused-ring (bicyclic) bond motifs is 2. The van der Waals surface area contributed by atoms with Crippen molar-refractivity contribution in [1.82, 2.24) is 18.7 Å². The highest BCUT2D eigenvalue weighted by atomic mass is 32.2. The van der Waals surface area contributed by atoms with Gasteiger partial charge in [-0.2, -0.15) is 8.75 Å². The zero-order chi connectivity index (χ0) is 22.1. The average molecular weight is 464 g/mol. The quantitative estimate of drug-likeness (QED) is 0.382. The Bertz CT molecular complexity index is 1550. The van der Waals surface area contributed by atoms with Gasteiger partial charge < -0.3 is 19.8 Å². The van der Waals surface area contributed by atoms with Crippen molar-refractivity contribution in [3.8, 4) is 5.75 Å². The van der Waals surface area contributed by atoms with E-state index in [4.69, 9.17) is 4.74 Å². The molecule has 5 rings (SSSR count). The van der Waals surface area contributed by atoms with Crippen LogP contribution in [0.1, 0.15) is 0 Å². The fourth-order valence-electron chi connectivity index (χ4n) is 3.13. The van der Waals surface area contributed by atoms with Gasteiger partial charge in [0.05, 0.1) is 29.3 Å². The minimum absolute atomic E-state index is 0.0361. The van der Waals surface area contributed by atoms with Crippen LogP contribution in [0.4, 0.5) is 17.3 Å². The maximum absolute atomic E-state index is 13.2. The number of aromatic nitrogens is 4. The predicted molar refractivity (Wildman–Crippen MR) is 123 cm³/mol. The van der Waals surface area contributed by atoms with Crippen LogP contribution >= 0.6 is 11.7 Å². The highest BCUT2D eigenvalue weighted by Gasteiger charge is 2.18. The van der Waals surface area contributed by atoms with Crippen molar-refractivity contribution < 1.29 is 13.2 Å². The van der Waals surface area contributed by atoms with E-state index in [1.807, 2.05) is 6.07 Å². The number of ether oxygens (including phenoxy) is 1. The summed E-state index contributed by atoms with van der Waals surface area (Å²) in [6.45, 7) is 0. The zero-order valence-electron chi connectivity index (χ0n) is 16.6. The molecule has 2 aromatic heterocycles. The number of benzene rings is 3. The summed E-state index contributed by atoms with van der Waals surface area (Å²) < 4.78 is 43.9. The second-order valence-corrected chi connectivity index (χ2v) is 8.80. The molecule has 0 saturated heterocycles. The van der Waals surface area contributed by atoms with Crippen LogP contribution in [0, 0.1) is 0 Å². The third kappa shape index (κ3) is 3.79. The number of hydrogen-bond donors (Lipinski definition) is 1. The average Bonchev–Trinajstić information content (AvgIpc) is 3.28. The molecule has 3 aromatic carbocycles. The number of hydrogen-bond acceptors (Lipinski definition) is 9. The smallest absolute Gasteiger partial charge is 0.204 e. The van der Waals surface area contributed by atoms with Crippen LogP contribution in [0.3, 0.4) is 0 Å². The summed E-state index contributed by atoms with van der Waals surface area (Å²) in [5, 5.41) is 3.11. The van der Waals surface area contributed by atoms with Gasteiger partial charge in [0.1, 0.15) is 22.6 Å². The molecule has 0 bridgehead atoms. The first-order valence-electron chi connectivity index (χ1n) is 9.41. The molecular formula is C21H15N6O3S2-. The van der Waals surface area contributed by atoms with E-state index in [1.54, 1.807) is 61.7 Å². The number of para-hydroxylation sites is 2. The van der Waals surface area contributed by atoms with E-state index >= 15 is 0 Å². The Hall–Kier alpha value is -3.83. The number of nitrogens with zero attached hydrogens (tertiary/aromatic N) is 5. The monoisotopic (exact) mass is 463 g/mol. The minimum atomic E-state index is -4.14. The van der Waals surface area contributed by atoms with Crippen LogP contribution in [-0.4, -0.2) is 34.2 Å². The summed E-state index contributed by atoms with van der Waals surface area (Å²) in [4.78, 5) is 8.98. The van der Waals surface area contributed by atoms with Crippen molar-refractivity contribution in [2.24, 2.45) is 0 Å². The Morgan fingerprint density at radius 1 is 0.906 bits per heavy atom. The summed E-state index contributed by atoms with van der Waals surface area (Å²) in [5.74, 6) is 0.772. The molecule has 11 heteroatoms. The molecule has 0 saturated carbocycles. The van der Waals surface area contributed by atoms with Crippen LogP contribution in [0.15, 0.2) is 71.6 Å². The molecule has 0 atom stereocenters. The van der Waals surface area contributed by atoms with E-state index in [1.165, 1.54) is 6.07 Å². The molecule has 0 amide bonds. The Kier molecular flexibility index (Phi) is 5.04. The second-order valence-electron chi connectivity index (χ2n) is 6.70. The summed E-state index contributed by atoms with van der Waals surface area (Å²) in [6.07, 6.45) is 0. The molecule has 0 radical (unpaired) electrons. The number of rotatable bonds is 6. The molecule has 0 aliphatic carbocycles. The lowest BCUT2D eigenvalue weighted by atomic mass is 10.3. The standard InChI is InChI=1S/C21H15N6O3S2/c1-30-14-7-4-6-13(12-14)22-20-21(24-16-9-3-2-8-15(16)23-20)27-32(28,29)18-11-5-10-17-19(18)26-31-25-17/h2-12H,1H3,(H-,22,23,24,27)/q-1. The van der Waals surface area contributed by atoms with Gasteiger partial charge in [0.15, 0.2) is 0 Å². The van der Waals surface area contributed by atoms with Crippen LogP contribution in [0.2, 0.25) is 0 Å². The molecular weight excluding hydrogens is 448 g/mol. The van der Waals surface area contributed by atoms with Gasteiger partial charge in [-0.3, -0.25) is 0 Å². The molecule has 0 spiro atoms. The number of methoxy groups -OCH3 is 1. The Morgan fingerprint density at radius 2 is 1.66 bits per heavy atom. The van der Waals surface area contributed by atoms with Gasteiger partial charge in [0.25, 0.3) is 0 Å². The second kappa shape index (κ2) is 8.02. The Labute approximate surface area is 187 Å². The minimum Gasteiger partial charge on any atom is -0.497 e. The fourth-order valence-corrected chi connectivity index (χ4v) is 4.83. The van der Waals surface area contributed by atoms with Gasteiger partial charge in [-0.15, -0.1) is 0 Å². The van der Waals surface area contributed by atoms with Gasteiger partial charge in [-0.05, 0) is 41.7 Å². The fraction of sp³-hybridized carbons (Fsp3) is 0.0476. The normalized spacial score (nSPS) is 11.5. The third-order valence-electron chi connectivity index (χ3n) is 4.62. The summed E-state index contributed by atoms with van der Waals surface area (Å²) in [5.41, 5.74) is 2.53. The van der Waals surface area contributed by atoms with Gasteiger partial charge in [-0.1, -0.05) is 30.3 Å². The van der Waals surface area contributed by atoms with E-state index in [2.05, 4.69) is 28.8 Å².